The Hall–Kier alpha value is -0.830. The maximum Gasteiger partial charge on any atom is 0.126 e. The van der Waals surface area contributed by atoms with Crippen molar-refractivity contribution in [3.8, 4) is 0 Å². The molecule has 0 saturated carbocycles. The Morgan fingerprint density at radius 3 is 2.87 bits per heavy atom. The standard InChI is InChI=1S/C12H21N3/c1-5-8-6-7-9-10(8)15-11(14-9)12(2,3)13-4/h8,13H,5-7H2,1-4H3,(H,14,15). The first-order chi connectivity index (χ1) is 7.08. The third kappa shape index (κ3) is 1.69. The van der Waals surface area contributed by atoms with E-state index in [0.717, 1.165) is 5.82 Å². The van der Waals surface area contributed by atoms with Gasteiger partial charge in [-0.05, 0) is 40.2 Å². The molecule has 2 rings (SSSR count). The summed E-state index contributed by atoms with van der Waals surface area (Å²) >= 11 is 0. The van der Waals surface area contributed by atoms with Gasteiger partial charge >= 0.3 is 0 Å². The van der Waals surface area contributed by atoms with Crippen LogP contribution in [0.4, 0.5) is 0 Å². The fraction of sp³-hybridized carbons (Fsp3) is 0.750. The van der Waals surface area contributed by atoms with Gasteiger partial charge in [0.2, 0.25) is 0 Å². The number of nitrogens with one attached hydrogen (secondary N) is 2. The van der Waals surface area contributed by atoms with Crippen molar-refractivity contribution in [2.75, 3.05) is 7.05 Å². The Labute approximate surface area is 91.7 Å². The van der Waals surface area contributed by atoms with Crippen LogP contribution < -0.4 is 5.32 Å². The van der Waals surface area contributed by atoms with E-state index in [-0.39, 0.29) is 5.54 Å². The maximum absolute atomic E-state index is 4.77. The normalized spacial score (nSPS) is 20.7. The summed E-state index contributed by atoms with van der Waals surface area (Å²) in [6.07, 6.45) is 3.64. The van der Waals surface area contributed by atoms with Crippen molar-refractivity contribution in [3.05, 3.63) is 17.2 Å². The van der Waals surface area contributed by atoms with E-state index in [4.69, 9.17) is 4.98 Å². The van der Waals surface area contributed by atoms with Crippen LogP contribution in [0.2, 0.25) is 0 Å². The van der Waals surface area contributed by atoms with Gasteiger partial charge in [0.25, 0.3) is 0 Å². The molecule has 3 nitrogen and oxygen atoms in total. The van der Waals surface area contributed by atoms with Gasteiger partial charge in [-0.1, -0.05) is 6.92 Å². The van der Waals surface area contributed by atoms with Crippen molar-refractivity contribution in [2.45, 2.75) is 51.5 Å². The first-order valence-electron chi connectivity index (χ1n) is 5.86. The summed E-state index contributed by atoms with van der Waals surface area (Å²) < 4.78 is 0. The first kappa shape index (κ1) is 10.7. The van der Waals surface area contributed by atoms with Gasteiger partial charge in [-0.3, -0.25) is 0 Å². The molecule has 0 spiro atoms. The SMILES string of the molecule is CCC1CCc2[nH]c(C(C)(C)NC)nc21. The van der Waals surface area contributed by atoms with Crippen LogP contribution in [-0.2, 0) is 12.0 Å². The highest BCUT2D eigenvalue weighted by Crippen LogP contribution is 2.34. The van der Waals surface area contributed by atoms with Crippen molar-refractivity contribution in [1.29, 1.82) is 0 Å². The van der Waals surface area contributed by atoms with Gasteiger partial charge in [0.15, 0.2) is 0 Å². The van der Waals surface area contributed by atoms with Crippen LogP contribution in [0.25, 0.3) is 0 Å². The van der Waals surface area contributed by atoms with Crippen LogP contribution in [0, 0.1) is 0 Å². The van der Waals surface area contributed by atoms with Crippen molar-refractivity contribution in [1.82, 2.24) is 15.3 Å². The van der Waals surface area contributed by atoms with Crippen molar-refractivity contribution in [2.24, 2.45) is 0 Å². The molecule has 1 aliphatic rings. The summed E-state index contributed by atoms with van der Waals surface area (Å²) in [6.45, 7) is 6.56. The van der Waals surface area contributed by atoms with Crippen LogP contribution in [0.1, 0.15) is 56.7 Å². The third-order valence-electron chi connectivity index (χ3n) is 3.65. The van der Waals surface area contributed by atoms with Crippen LogP contribution in [0.3, 0.4) is 0 Å². The average Bonchev–Trinajstić information content (AvgIpc) is 2.76. The molecule has 1 aliphatic carbocycles. The number of H-pyrrole nitrogens is 1. The summed E-state index contributed by atoms with van der Waals surface area (Å²) in [5.41, 5.74) is 2.62. The molecular weight excluding hydrogens is 186 g/mol. The molecule has 2 N–H and O–H groups in total. The molecule has 3 heteroatoms. The van der Waals surface area contributed by atoms with Gasteiger partial charge < -0.3 is 10.3 Å². The summed E-state index contributed by atoms with van der Waals surface area (Å²) in [5, 5.41) is 3.29. The highest BCUT2D eigenvalue weighted by molar-refractivity contribution is 5.26. The van der Waals surface area contributed by atoms with Gasteiger partial charge in [-0.15, -0.1) is 0 Å². The van der Waals surface area contributed by atoms with Gasteiger partial charge in [0.05, 0.1) is 11.2 Å². The lowest BCUT2D eigenvalue weighted by molar-refractivity contribution is 0.417. The van der Waals surface area contributed by atoms with Gasteiger partial charge in [-0.25, -0.2) is 4.98 Å². The molecule has 0 aromatic carbocycles. The Bertz CT molecular complexity index is 352. The molecule has 0 saturated heterocycles. The second kappa shape index (κ2) is 3.63. The lowest BCUT2D eigenvalue weighted by Gasteiger charge is -2.21. The minimum Gasteiger partial charge on any atom is -0.344 e. The Morgan fingerprint density at radius 2 is 2.27 bits per heavy atom. The Balaban J connectivity index is 2.32. The number of aromatic nitrogens is 2. The van der Waals surface area contributed by atoms with Crippen molar-refractivity contribution < 1.29 is 0 Å². The van der Waals surface area contributed by atoms with E-state index in [2.05, 4.69) is 31.1 Å². The Morgan fingerprint density at radius 1 is 1.53 bits per heavy atom. The van der Waals surface area contributed by atoms with E-state index in [9.17, 15) is 0 Å². The minimum absolute atomic E-state index is 0.0529. The maximum atomic E-state index is 4.77. The first-order valence-corrected chi connectivity index (χ1v) is 5.86. The molecule has 0 bridgehead atoms. The van der Waals surface area contributed by atoms with E-state index < -0.39 is 0 Å². The monoisotopic (exact) mass is 207 g/mol. The molecular formula is C12H21N3. The molecule has 1 unspecified atom stereocenters. The highest BCUT2D eigenvalue weighted by atomic mass is 15.1. The van der Waals surface area contributed by atoms with Gasteiger partial charge in [0, 0.05) is 11.6 Å². The number of nitrogens with zero attached hydrogens (tertiary/aromatic N) is 1. The fourth-order valence-corrected chi connectivity index (χ4v) is 2.22. The number of rotatable bonds is 3. The zero-order chi connectivity index (χ0) is 11.1. The molecule has 0 fully saturated rings. The van der Waals surface area contributed by atoms with Crippen LogP contribution in [0.5, 0.6) is 0 Å². The number of fused-ring (bicyclic) bond motifs is 1. The molecule has 0 aliphatic heterocycles. The molecule has 0 amide bonds. The molecule has 0 radical (unpaired) electrons. The predicted molar refractivity (Wildman–Crippen MR) is 62.0 cm³/mol. The van der Waals surface area contributed by atoms with Crippen molar-refractivity contribution >= 4 is 0 Å². The minimum atomic E-state index is -0.0529. The number of imidazole rings is 1. The second-order valence-electron chi connectivity index (χ2n) is 4.97. The second-order valence-corrected chi connectivity index (χ2v) is 4.97. The molecule has 1 heterocycles. The lowest BCUT2D eigenvalue weighted by atomic mass is 10.0. The molecule has 84 valence electrons. The topological polar surface area (TPSA) is 40.7 Å². The highest BCUT2D eigenvalue weighted by Gasteiger charge is 2.29. The summed E-state index contributed by atoms with van der Waals surface area (Å²) in [7, 11) is 1.98. The molecule has 1 aromatic rings. The van der Waals surface area contributed by atoms with E-state index in [0.29, 0.717) is 5.92 Å². The zero-order valence-electron chi connectivity index (χ0n) is 10.1. The van der Waals surface area contributed by atoms with E-state index in [1.165, 1.54) is 30.7 Å². The van der Waals surface area contributed by atoms with E-state index in [1.807, 2.05) is 7.05 Å². The van der Waals surface area contributed by atoms with E-state index in [1.54, 1.807) is 0 Å². The van der Waals surface area contributed by atoms with E-state index >= 15 is 0 Å². The van der Waals surface area contributed by atoms with Crippen molar-refractivity contribution in [3.63, 3.8) is 0 Å². The molecule has 1 atom stereocenters. The summed E-state index contributed by atoms with van der Waals surface area (Å²) in [6, 6.07) is 0. The lowest BCUT2D eigenvalue weighted by Crippen LogP contribution is -2.34. The largest absolute Gasteiger partial charge is 0.344 e. The summed E-state index contributed by atoms with van der Waals surface area (Å²) in [4.78, 5) is 8.24. The fourth-order valence-electron chi connectivity index (χ4n) is 2.22. The van der Waals surface area contributed by atoms with Crippen LogP contribution >= 0.6 is 0 Å². The molecule has 15 heavy (non-hydrogen) atoms. The Kier molecular flexibility index (Phi) is 2.59. The quantitative estimate of drug-likeness (QED) is 0.798. The number of hydrogen-bond donors (Lipinski definition) is 2. The summed E-state index contributed by atoms with van der Waals surface area (Å²) in [5.74, 6) is 1.76. The van der Waals surface area contributed by atoms with Gasteiger partial charge in [0.1, 0.15) is 5.82 Å². The predicted octanol–water partition coefficient (Wildman–Crippen LogP) is 2.30. The smallest absolute Gasteiger partial charge is 0.126 e. The molecule has 1 aromatic heterocycles. The third-order valence-corrected chi connectivity index (χ3v) is 3.65. The zero-order valence-corrected chi connectivity index (χ0v) is 10.1. The number of aryl methyl sites for hydroxylation is 1. The number of aromatic amines is 1. The van der Waals surface area contributed by atoms with Crippen LogP contribution in [-0.4, -0.2) is 17.0 Å². The van der Waals surface area contributed by atoms with Crippen LogP contribution in [0.15, 0.2) is 0 Å². The average molecular weight is 207 g/mol. The van der Waals surface area contributed by atoms with Gasteiger partial charge in [-0.2, -0.15) is 0 Å². The number of hydrogen-bond acceptors (Lipinski definition) is 2.